The first-order valence-corrected chi connectivity index (χ1v) is 9.11. The van der Waals surface area contributed by atoms with Crippen LogP contribution in [0.15, 0.2) is 59.1 Å². The molecule has 24 heavy (non-hydrogen) atoms. The SMILES string of the molecule is CCN(CC)CC#CC[C@@](O)(c1ccccc1)c1ccc(Br)cc1. The summed E-state index contributed by atoms with van der Waals surface area (Å²) in [4.78, 5) is 2.26. The monoisotopic (exact) mass is 385 g/mol. The molecule has 0 heterocycles. The van der Waals surface area contributed by atoms with Gasteiger partial charge in [-0.3, -0.25) is 4.90 Å². The molecule has 0 amide bonds. The van der Waals surface area contributed by atoms with E-state index < -0.39 is 5.60 Å². The summed E-state index contributed by atoms with van der Waals surface area (Å²) in [6.45, 7) is 6.97. The van der Waals surface area contributed by atoms with Crippen LogP contribution in [0.25, 0.3) is 0 Å². The summed E-state index contributed by atoms with van der Waals surface area (Å²) < 4.78 is 0.995. The Hall–Kier alpha value is -1.60. The van der Waals surface area contributed by atoms with Gasteiger partial charge >= 0.3 is 0 Å². The van der Waals surface area contributed by atoms with Gasteiger partial charge in [-0.2, -0.15) is 0 Å². The van der Waals surface area contributed by atoms with Crippen LogP contribution in [0, 0.1) is 11.8 Å². The van der Waals surface area contributed by atoms with Crippen LogP contribution in [-0.4, -0.2) is 29.6 Å². The van der Waals surface area contributed by atoms with Gasteiger partial charge in [0.15, 0.2) is 0 Å². The highest BCUT2D eigenvalue weighted by molar-refractivity contribution is 9.10. The van der Waals surface area contributed by atoms with Crippen molar-refractivity contribution in [3.05, 3.63) is 70.2 Å². The van der Waals surface area contributed by atoms with Crippen LogP contribution < -0.4 is 0 Å². The van der Waals surface area contributed by atoms with E-state index in [2.05, 4.69) is 46.5 Å². The summed E-state index contributed by atoms with van der Waals surface area (Å²) in [5.74, 6) is 6.38. The van der Waals surface area contributed by atoms with Crippen molar-refractivity contribution in [3.63, 3.8) is 0 Å². The smallest absolute Gasteiger partial charge is 0.125 e. The quantitative estimate of drug-likeness (QED) is 0.743. The second-order valence-electron chi connectivity index (χ2n) is 5.72. The molecule has 2 aromatic rings. The van der Waals surface area contributed by atoms with Crippen molar-refractivity contribution in [2.75, 3.05) is 19.6 Å². The summed E-state index contributed by atoms with van der Waals surface area (Å²) in [6, 6.07) is 17.6. The minimum Gasteiger partial charge on any atom is -0.379 e. The normalized spacial score (nSPS) is 13.2. The van der Waals surface area contributed by atoms with Crippen LogP contribution in [-0.2, 0) is 5.60 Å². The first-order valence-electron chi connectivity index (χ1n) is 8.32. The molecule has 2 rings (SSSR count). The van der Waals surface area contributed by atoms with E-state index in [4.69, 9.17) is 0 Å². The van der Waals surface area contributed by atoms with Gasteiger partial charge in [0.2, 0.25) is 0 Å². The lowest BCUT2D eigenvalue weighted by Crippen LogP contribution is -2.27. The largest absolute Gasteiger partial charge is 0.379 e. The van der Waals surface area contributed by atoms with Gasteiger partial charge in [-0.1, -0.05) is 84.1 Å². The third-order valence-electron chi connectivity index (χ3n) is 4.24. The number of benzene rings is 2. The van der Waals surface area contributed by atoms with Crippen LogP contribution in [0.3, 0.4) is 0 Å². The van der Waals surface area contributed by atoms with Gasteiger partial charge < -0.3 is 5.11 Å². The number of aliphatic hydroxyl groups is 1. The molecule has 0 radical (unpaired) electrons. The Labute approximate surface area is 153 Å². The van der Waals surface area contributed by atoms with E-state index in [1.807, 2.05) is 54.6 Å². The maximum absolute atomic E-state index is 11.4. The van der Waals surface area contributed by atoms with Gasteiger partial charge in [0, 0.05) is 10.9 Å². The van der Waals surface area contributed by atoms with E-state index in [1.165, 1.54) is 0 Å². The summed E-state index contributed by atoms with van der Waals surface area (Å²) in [6.07, 6.45) is 0.375. The van der Waals surface area contributed by atoms with E-state index in [9.17, 15) is 5.11 Å². The molecule has 0 fully saturated rings. The predicted octanol–water partition coefficient (Wildman–Crippen LogP) is 4.42. The topological polar surface area (TPSA) is 23.5 Å². The Bertz CT molecular complexity index is 683. The summed E-state index contributed by atoms with van der Waals surface area (Å²) in [5, 5.41) is 11.4. The molecule has 0 aliphatic carbocycles. The molecule has 2 aromatic carbocycles. The third-order valence-corrected chi connectivity index (χ3v) is 4.77. The third kappa shape index (κ3) is 4.70. The summed E-state index contributed by atoms with van der Waals surface area (Å²) >= 11 is 3.45. The Balaban J connectivity index is 2.27. The van der Waals surface area contributed by atoms with Gasteiger partial charge in [-0.05, 0) is 36.3 Å². The van der Waals surface area contributed by atoms with Crippen LogP contribution in [0.5, 0.6) is 0 Å². The molecule has 3 heteroatoms. The zero-order chi connectivity index (χ0) is 17.4. The zero-order valence-electron chi connectivity index (χ0n) is 14.3. The summed E-state index contributed by atoms with van der Waals surface area (Å²) in [7, 11) is 0. The van der Waals surface area contributed by atoms with Crippen LogP contribution >= 0.6 is 15.9 Å². The maximum atomic E-state index is 11.4. The van der Waals surface area contributed by atoms with Gasteiger partial charge in [-0.25, -0.2) is 0 Å². The average molecular weight is 386 g/mol. The van der Waals surface area contributed by atoms with E-state index >= 15 is 0 Å². The first-order chi connectivity index (χ1) is 11.6. The van der Waals surface area contributed by atoms with Crippen molar-refractivity contribution >= 4 is 15.9 Å². The van der Waals surface area contributed by atoms with E-state index in [0.717, 1.165) is 35.2 Å². The molecule has 0 aromatic heterocycles. The average Bonchev–Trinajstić information content (AvgIpc) is 2.63. The van der Waals surface area contributed by atoms with Crippen LogP contribution in [0.2, 0.25) is 0 Å². The molecule has 126 valence electrons. The van der Waals surface area contributed by atoms with E-state index in [-0.39, 0.29) is 0 Å². The minimum absolute atomic E-state index is 0.375. The molecule has 1 N–H and O–H groups in total. The fraction of sp³-hybridized carbons (Fsp3) is 0.333. The highest BCUT2D eigenvalue weighted by Crippen LogP contribution is 2.33. The Kier molecular flexibility index (Phi) is 7.05. The maximum Gasteiger partial charge on any atom is 0.125 e. The minimum atomic E-state index is -1.10. The first kappa shape index (κ1) is 18.7. The second kappa shape index (κ2) is 9.03. The van der Waals surface area contributed by atoms with Gasteiger partial charge in [0.05, 0.1) is 6.54 Å². The van der Waals surface area contributed by atoms with Crippen molar-refractivity contribution in [2.24, 2.45) is 0 Å². The Morgan fingerprint density at radius 1 is 0.917 bits per heavy atom. The molecule has 0 saturated carbocycles. The van der Waals surface area contributed by atoms with Crippen molar-refractivity contribution in [3.8, 4) is 11.8 Å². The molecular formula is C21H24BrNO. The van der Waals surface area contributed by atoms with Crippen molar-refractivity contribution < 1.29 is 5.11 Å². The van der Waals surface area contributed by atoms with Crippen LogP contribution in [0.4, 0.5) is 0 Å². The van der Waals surface area contributed by atoms with E-state index in [1.54, 1.807) is 0 Å². The molecule has 2 nitrogen and oxygen atoms in total. The number of rotatable bonds is 6. The number of hydrogen-bond donors (Lipinski definition) is 1. The van der Waals surface area contributed by atoms with Gasteiger partial charge in [0.1, 0.15) is 5.60 Å². The highest BCUT2D eigenvalue weighted by atomic mass is 79.9. The Morgan fingerprint density at radius 3 is 2.08 bits per heavy atom. The van der Waals surface area contributed by atoms with Gasteiger partial charge in [-0.15, -0.1) is 0 Å². The number of nitrogens with zero attached hydrogens (tertiary/aromatic N) is 1. The fourth-order valence-electron chi connectivity index (χ4n) is 2.62. The molecule has 0 unspecified atom stereocenters. The lowest BCUT2D eigenvalue weighted by atomic mass is 9.84. The lowest BCUT2D eigenvalue weighted by Gasteiger charge is -2.27. The zero-order valence-corrected chi connectivity index (χ0v) is 15.9. The predicted molar refractivity (Wildman–Crippen MR) is 104 cm³/mol. The molecule has 0 bridgehead atoms. The fourth-order valence-corrected chi connectivity index (χ4v) is 2.88. The standard InChI is InChI=1S/C21H24BrNO/c1-3-23(4-2)17-9-8-16-21(24,18-10-6-5-7-11-18)19-12-14-20(22)15-13-19/h5-7,10-15,24H,3-4,16-17H2,1-2H3/t21-/m1/s1. The second-order valence-corrected chi connectivity index (χ2v) is 6.64. The molecule has 0 spiro atoms. The molecular weight excluding hydrogens is 362 g/mol. The Morgan fingerprint density at radius 2 is 1.50 bits per heavy atom. The lowest BCUT2D eigenvalue weighted by molar-refractivity contribution is 0.0864. The van der Waals surface area contributed by atoms with Gasteiger partial charge in [0.25, 0.3) is 0 Å². The molecule has 0 saturated heterocycles. The molecule has 0 aliphatic heterocycles. The molecule has 1 atom stereocenters. The van der Waals surface area contributed by atoms with E-state index in [0.29, 0.717) is 6.42 Å². The van der Waals surface area contributed by atoms with Crippen molar-refractivity contribution in [1.29, 1.82) is 0 Å². The number of hydrogen-bond acceptors (Lipinski definition) is 2. The summed E-state index contributed by atoms with van der Waals surface area (Å²) in [5.41, 5.74) is 0.622. The van der Waals surface area contributed by atoms with Crippen molar-refractivity contribution in [1.82, 2.24) is 4.90 Å². The molecule has 0 aliphatic rings. The van der Waals surface area contributed by atoms with Crippen molar-refractivity contribution in [2.45, 2.75) is 25.9 Å². The van der Waals surface area contributed by atoms with Crippen LogP contribution in [0.1, 0.15) is 31.4 Å². The number of halogens is 1. The highest BCUT2D eigenvalue weighted by Gasteiger charge is 2.30.